The molecule has 1 heterocycles. The highest BCUT2D eigenvalue weighted by Gasteiger charge is 2.08. The summed E-state index contributed by atoms with van der Waals surface area (Å²) in [5.74, 6) is -0.0343. The second-order valence-corrected chi connectivity index (χ2v) is 5.44. The summed E-state index contributed by atoms with van der Waals surface area (Å²) in [6.45, 7) is 2.11. The minimum atomic E-state index is -0.344. The number of rotatable bonds is 5. The summed E-state index contributed by atoms with van der Waals surface area (Å²) in [5.41, 5.74) is 2.42. The molecule has 0 saturated heterocycles. The normalized spacial score (nSPS) is 10.3. The lowest BCUT2D eigenvalue weighted by molar-refractivity contribution is 0.102. The Morgan fingerprint density at radius 2 is 1.92 bits per heavy atom. The molecule has 0 atom stereocenters. The number of nitrogens with zero attached hydrogens (tertiary/aromatic N) is 2. The lowest BCUT2D eigenvalue weighted by atomic mass is 10.2. The summed E-state index contributed by atoms with van der Waals surface area (Å²) in [5, 5.41) is 2.75. The number of halogens is 1. The molecule has 3 aromatic rings. The van der Waals surface area contributed by atoms with Crippen LogP contribution in [0.4, 0.5) is 10.1 Å². The molecule has 3 rings (SSSR count). The van der Waals surface area contributed by atoms with Crippen LogP contribution in [0.1, 0.15) is 21.7 Å². The Hall–Kier alpha value is -3.28. The van der Waals surface area contributed by atoms with E-state index in [4.69, 9.17) is 4.74 Å². The first-order valence-corrected chi connectivity index (χ1v) is 7.67. The number of aromatic nitrogens is 2. The predicted molar refractivity (Wildman–Crippen MR) is 91.9 cm³/mol. The van der Waals surface area contributed by atoms with E-state index < -0.39 is 0 Å². The number of benzene rings is 2. The van der Waals surface area contributed by atoms with Gasteiger partial charge in [-0.15, -0.1) is 0 Å². The van der Waals surface area contributed by atoms with Gasteiger partial charge >= 0.3 is 0 Å². The number of amides is 1. The third-order valence-corrected chi connectivity index (χ3v) is 3.42. The van der Waals surface area contributed by atoms with Crippen LogP contribution in [-0.4, -0.2) is 15.9 Å². The number of nitrogens with one attached hydrogen (secondary N) is 1. The highest BCUT2D eigenvalue weighted by atomic mass is 19.1. The summed E-state index contributed by atoms with van der Waals surface area (Å²) in [7, 11) is 0. The van der Waals surface area contributed by atoms with Crippen LogP contribution in [0.25, 0.3) is 0 Å². The molecular formula is C19H16FN3O2. The van der Waals surface area contributed by atoms with Crippen molar-refractivity contribution in [1.29, 1.82) is 0 Å². The second kappa shape index (κ2) is 7.53. The fourth-order valence-electron chi connectivity index (χ4n) is 2.12. The third-order valence-electron chi connectivity index (χ3n) is 3.42. The number of hydrogen-bond acceptors (Lipinski definition) is 4. The van der Waals surface area contributed by atoms with Gasteiger partial charge in [0.1, 0.15) is 23.9 Å². The topological polar surface area (TPSA) is 64.1 Å². The lowest BCUT2D eigenvalue weighted by Gasteiger charge is -2.09. The summed E-state index contributed by atoms with van der Waals surface area (Å²) in [6.07, 6.45) is 2.97. The zero-order chi connectivity index (χ0) is 17.6. The maximum absolute atomic E-state index is 12.9. The molecule has 0 aliphatic heterocycles. The van der Waals surface area contributed by atoms with Crippen LogP contribution < -0.4 is 10.1 Å². The van der Waals surface area contributed by atoms with Gasteiger partial charge in [-0.1, -0.05) is 18.2 Å². The number of anilines is 1. The summed E-state index contributed by atoms with van der Waals surface area (Å²) >= 11 is 0. The number of ether oxygens (including phenoxy) is 1. The molecule has 0 saturated carbocycles. The van der Waals surface area contributed by atoms with Crippen LogP contribution in [0, 0.1) is 12.7 Å². The number of carbonyl (C=O) groups is 1. The summed E-state index contributed by atoms with van der Waals surface area (Å²) < 4.78 is 18.6. The van der Waals surface area contributed by atoms with Crippen LogP contribution in [-0.2, 0) is 6.61 Å². The highest BCUT2D eigenvalue weighted by molar-refractivity contribution is 6.02. The Labute approximate surface area is 144 Å². The Balaban J connectivity index is 1.63. The van der Waals surface area contributed by atoms with Gasteiger partial charge in [0.05, 0.1) is 11.9 Å². The van der Waals surface area contributed by atoms with E-state index in [0.717, 1.165) is 11.3 Å². The summed E-state index contributed by atoms with van der Waals surface area (Å²) in [4.78, 5) is 20.3. The first-order valence-electron chi connectivity index (χ1n) is 7.67. The lowest BCUT2D eigenvalue weighted by Crippen LogP contribution is -2.14. The molecule has 0 radical (unpaired) electrons. The van der Waals surface area contributed by atoms with Crippen LogP contribution >= 0.6 is 0 Å². The van der Waals surface area contributed by atoms with E-state index in [1.165, 1.54) is 24.5 Å². The van der Waals surface area contributed by atoms with Crippen molar-refractivity contribution < 1.29 is 13.9 Å². The van der Waals surface area contributed by atoms with Crippen molar-refractivity contribution >= 4 is 11.6 Å². The quantitative estimate of drug-likeness (QED) is 0.770. The first-order chi connectivity index (χ1) is 12.1. The van der Waals surface area contributed by atoms with Gasteiger partial charge in [0.15, 0.2) is 0 Å². The molecule has 0 fully saturated rings. The molecule has 1 N–H and O–H groups in total. The fraction of sp³-hybridized carbons (Fsp3) is 0.105. The van der Waals surface area contributed by atoms with E-state index in [-0.39, 0.29) is 17.4 Å². The van der Waals surface area contributed by atoms with Crippen molar-refractivity contribution in [3.05, 3.63) is 83.7 Å². The van der Waals surface area contributed by atoms with E-state index in [2.05, 4.69) is 15.3 Å². The Bertz CT molecular complexity index is 865. The minimum absolute atomic E-state index is 0.239. The van der Waals surface area contributed by atoms with E-state index in [1.807, 2.05) is 0 Å². The third kappa shape index (κ3) is 4.60. The Morgan fingerprint density at radius 3 is 2.64 bits per heavy atom. The van der Waals surface area contributed by atoms with E-state index in [1.54, 1.807) is 43.3 Å². The van der Waals surface area contributed by atoms with E-state index >= 15 is 0 Å². The largest absolute Gasteiger partial charge is 0.489 e. The zero-order valence-corrected chi connectivity index (χ0v) is 13.6. The molecule has 126 valence electrons. The highest BCUT2D eigenvalue weighted by Crippen LogP contribution is 2.19. The number of aryl methyl sites for hydroxylation is 1. The molecule has 0 aliphatic carbocycles. The monoisotopic (exact) mass is 337 g/mol. The second-order valence-electron chi connectivity index (χ2n) is 5.44. The van der Waals surface area contributed by atoms with Gasteiger partial charge in [-0.05, 0) is 36.8 Å². The molecule has 1 aromatic heterocycles. The number of hydrogen-bond donors (Lipinski definition) is 1. The summed E-state index contributed by atoms with van der Waals surface area (Å²) in [6, 6.07) is 13.1. The molecule has 0 spiro atoms. The first kappa shape index (κ1) is 16.6. The van der Waals surface area contributed by atoms with Crippen molar-refractivity contribution in [3.63, 3.8) is 0 Å². The molecule has 1 amide bonds. The van der Waals surface area contributed by atoms with Gasteiger partial charge in [0, 0.05) is 18.0 Å². The van der Waals surface area contributed by atoms with Crippen molar-refractivity contribution in [2.45, 2.75) is 13.5 Å². The van der Waals surface area contributed by atoms with Crippen LogP contribution in [0.15, 0.2) is 60.9 Å². The maximum Gasteiger partial charge on any atom is 0.275 e. The van der Waals surface area contributed by atoms with Crippen molar-refractivity contribution in [1.82, 2.24) is 9.97 Å². The van der Waals surface area contributed by atoms with Crippen LogP contribution in [0.5, 0.6) is 5.75 Å². The van der Waals surface area contributed by atoms with Gasteiger partial charge in [0.25, 0.3) is 5.91 Å². The Morgan fingerprint density at radius 1 is 1.12 bits per heavy atom. The van der Waals surface area contributed by atoms with Crippen LogP contribution in [0.2, 0.25) is 0 Å². The SMILES string of the molecule is Cc1cnc(C(=O)Nc2cccc(OCc3ccc(F)cc3)c2)cn1. The zero-order valence-electron chi connectivity index (χ0n) is 13.6. The average Bonchev–Trinajstić information content (AvgIpc) is 2.62. The molecule has 5 nitrogen and oxygen atoms in total. The fourth-order valence-corrected chi connectivity index (χ4v) is 2.12. The number of carbonyl (C=O) groups excluding carboxylic acids is 1. The molecule has 2 aromatic carbocycles. The minimum Gasteiger partial charge on any atom is -0.489 e. The average molecular weight is 337 g/mol. The van der Waals surface area contributed by atoms with Gasteiger partial charge in [0.2, 0.25) is 0 Å². The van der Waals surface area contributed by atoms with Gasteiger partial charge < -0.3 is 10.1 Å². The van der Waals surface area contributed by atoms with Gasteiger partial charge in [-0.25, -0.2) is 9.37 Å². The van der Waals surface area contributed by atoms with Crippen molar-refractivity contribution in [2.24, 2.45) is 0 Å². The van der Waals surface area contributed by atoms with E-state index in [9.17, 15) is 9.18 Å². The molecular weight excluding hydrogens is 321 g/mol. The van der Waals surface area contributed by atoms with Crippen molar-refractivity contribution in [3.8, 4) is 5.75 Å². The smallest absolute Gasteiger partial charge is 0.275 e. The van der Waals surface area contributed by atoms with E-state index in [0.29, 0.717) is 18.0 Å². The molecule has 25 heavy (non-hydrogen) atoms. The van der Waals surface area contributed by atoms with Gasteiger partial charge in [-0.2, -0.15) is 0 Å². The standard InChI is InChI=1S/C19H16FN3O2/c1-13-10-22-18(11-21-13)19(24)23-16-3-2-4-17(9-16)25-12-14-5-7-15(20)8-6-14/h2-11H,12H2,1H3,(H,23,24). The van der Waals surface area contributed by atoms with Crippen LogP contribution in [0.3, 0.4) is 0 Å². The Kier molecular flexibility index (Phi) is 4.99. The predicted octanol–water partition coefficient (Wildman–Crippen LogP) is 3.76. The van der Waals surface area contributed by atoms with Crippen molar-refractivity contribution in [2.75, 3.05) is 5.32 Å². The molecule has 0 unspecified atom stereocenters. The van der Waals surface area contributed by atoms with Gasteiger partial charge in [-0.3, -0.25) is 9.78 Å². The molecule has 6 heteroatoms. The maximum atomic E-state index is 12.9. The molecule has 0 aliphatic rings. The molecule has 0 bridgehead atoms.